The average Bonchev–Trinajstić information content (AvgIpc) is 2.90. The molecule has 2 aromatic rings. The lowest BCUT2D eigenvalue weighted by Gasteiger charge is -2.23. The van der Waals surface area contributed by atoms with E-state index in [-0.39, 0.29) is 5.91 Å². The molecular formula is C17H20ClN5O2. The van der Waals surface area contributed by atoms with Gasteiger partial charge in [-0.3, -0.25) is 10.1 Å². The molecule has 1 aromatic heterocycles. The number of rotatable bonds is 4. The maximum atomic E-state index is 12.3. The van der Waals surface area contributed by atoms with Crippen LogP contribution in [-0.4, -0.2) is 34.3 Å². The minimum Gasteiger partial charge on any atom is -0.354 e. The minimum atomic E-state index is -0.502. The second-order valence-corrected chi connectivity index (χ2v) is 6.48. The molecule has 0 spiro atoms. The lowest BCUT2D eigenvalue weighted by atomic mass is 10.1. The molecule has 0 saturated carbocycles. The van der Waals surface area contributed by atoms with Crippen LogP contribution in [0.1, 0.15) is 24.0 Å². The van der Waals surface area contributed by atoms with Crippen molar-refractivity contribution in [1.29, 1.82) is 0 Å². The average molecular weight is 362 g/mol. The van der Waals surface area contributed by atoms with Gasteiger partial charge in [-0.15, -0.1) is 0 Å². The highest BCUT2D eigenvalue weighted by atomic mass is 35.5. The molecule has 3 N–H and O–H groups in total. The van der Waals surface area contributed by atoms with E-state index in [1.54, 1.807) is 16.9 Å². The van der Waals surface area contributed by atoms with Gasteiger partial charge in [-0.2, -0.15) is 5.10 Å². The van der Waals surface area contributed by atoms with E-state index in [1.807, 2.05) is 25.1 Å². The van der Waals surface area contributed by atoms with Gasteiger partial charge in [0.2, 0.25) is 5.91 Å². The molecule has 25 heavy (non-hydrogen) atoms. The predicted molar refractivity (Wildman–Crippen MR) is 95.7 cm³/mol. The number of urea groups is 1. The van der Waals surface area contributed by atoms with E-state index >= 15 is 0 Å². The number of aromatic nitrogens is 2. The Morgan fingerprint density at radius 2 is 2.32 bits per heavy atom. The van der Waals surface area contributed by atoms with E-state index in [9.17, 15) is 9.59 Å². The summed E-state index contributed by atoms with van der Waals surface area (Å²) < 4.78 is 1.70. The molecule has 3 rings (SSSR count). The van der Waals surface area contributed by atoms with Crippen molar-refractivity contribution < 1.29 is 9.59 Å². The molecule has 1 saturated heterocycles. The zero-order chi connectivity index (χ0) is 17.8. The summed E-state index contributed by atoms with van der Waals surface area (Å²) in [7, 11) is 0. The van der Waals surface area contributed by atoms with Crippen LogP contribution in [0.2, 0.25) is 5.02 Å². The fourth-order valence-corrected chi connectivity index (χ4v) is 2.99. The van der Waals surface area contributed by atoms with Crippen molar-refractivity contribution in [3.8, 4) is 0 Å². The molecule has 0 unspecified atom stereocenters. The Kier molecular flexibility index (Phi) is 5.23. The Hall–Kier alpha value is -2.54. The number of hydrogen-bond acceptors (Lipinski definition) is 3. The number of amides is 3. The van der Waals surface area contributed by atoms with Crippen molar-refractivity contribution in [2.75, 3.05) is 11.9 Å². The van der Waals surface area contributed by atoms with Crippen LogP contribution in [-0.2, 0) is 11.3 Å². The van der Waals surface area contributed by atoms with E-state index in [1.165, 1.54) is 0 Å². The molecule has 1 atom stereocenters. The number of benzene rings is 1. The number of carbonyl (C=O) groups excluding carboxylic acids is 2. The van der Waals surface area contributed by atoms with Crippen LogP contribution in [0.3, 0.4) is 0 Å². The Bertz CT molecular complexity index is 789. The Balaban J connectivity index is 1.68. The third kappa shape index (κ3) is 4.30. The van der Waals surface area contributed by atoms with Crippen molar-refractivity contribution in [2.24, 2.45) is 0 Å². The molecule has 8 heteroatoms. The van der Waals surface area contributed by atoms with E-state index in [4.69, 9.17) is 11.6 Å². The third-order valence-corrected chi connectivity index (χ3v) is 4.30. The molecule has 1 aliphatic rings. The quantitative estimate of drug-likeness (QED) is 0.780. The van der Waals surface area contributed by atoms with Gasteiger partial charge in [-0.25, -0.2) is 9.48 Å². The lowest BCUT2D eigenvalue weighted by Crippen LogP contribution is -2.51. The first kappa shape index (κ1) is 17.3. The van der Waals surface area contributed by atoms with Crippen molar-refractivity contribution in [3.63, 3.8) is 0 Å². The first-order valence-electron chi connectivity index (χ1n) is 8.15. The highest BCUT2D eigenvalue weighted by Crippen LogP contribution is 2.18. The number of halogens is 1. The topological polar surface area (TPSA) is 88.1 Å². The Morgan fingerprint density at radius 3 is 3.08 bits per heavy atom. The Labute approximate surface area is 150 Å². The molecule has 2 heterocycles. The summed E-state index contributed by atoms with van der Waals surface area (Å²) in [6.07, 6.45) is 3.18. The van der Waals surface area contributed by atoms with Gasteiger partial charge in [0.05, 0.1) is 12.7 Å². The summed E-state index contributed by atoms with van der Waals surface area (Å²) in [6.45, 7) is 3.00. The van der Waals surface area contributed by atoms with Crippen LogP contribution >= 0.6 is 11.6 Å². The van der Waals surface area contributed by atoms with Crippen molar-refractivity contribution >= 4 is 29.4 Å². The van der Waals surface area contributed by atoms with E-state index in [2.05, 4.69) is 21.0 Å². The van der Waals surface area contributed by atoms with E-state index in [0.29, 0.717) is 30.4 Å². The second-order valence-electron chi connectivity index (χ2n) is 6.05. The number of aryl methyl sites for hydroxylation is 1. The largest absolute Gasteiger partial charge is 0.354 e. The molecule has 1 aromatic carbocycles. The highest BCUT2D eigenvalue weighted by Gasteiger charge is 2.24. The molecule has 7 nitrogen and oxygen atoms in total. The number of piperidine rings is 1. The first-order chi connectivity index (χ1) is 12.0. The monoisotopic (exact) mass is 361 g/mol. The molecule has 0 radical (unpaired) electrons. The number of nitrogens with zero attached hydrogens (tertiary/aromatic N) is 2. The summed E-state index contributed by atoms with van der Waals surface area (Å²) in [5.41, 5.74) is 1.82. The fraction of sp³-hybridized carbons (Fsp3) is 0.353. The predicted octanol–water partition coefficient (Wildman–Crippen LogP) is 2.29. The van der Waals surface area contributed by atoms with Crippen molar-refractivity contribution in [1.82, 2.24) is 20.4 Å². The van der Waals surface area contributed by atoms with Crippen LogP contribution in [0.5, 0.6) is 0 Å². The van der Waals surface area contributed by atoms with Gasteiger partial charge in [0, 0.05) is 17.1 Å². The zero-order valence-corrected chi connectivity index (χ0v) is 14.6. The minimum absolute atomic E-state index is 0.148. The summed E-state index contributed by atoms with van der Waals surface area (Å²) >= 11 is 6.02. The summed E-state index contributed by atoms with van der Waals surface area (Å²) in [5.74, 6) is 0.444. The van der Waals surface area contributed by atoms with Crippen LogP contribution in [0.25, 0.3) is 0 Å². The molecule has 1 aliphatic heterocycles. The third-order valence-electron chi connectivity index (χ3n) is 4.07. The SMILES string of the molecule is Cc1cnn(Cc2cccc(Cl)c2)c1NC(=O)N[C@@H]1CCCNC1=O. The highest BCUT2D eigenvalue weighted by molar-refractivity contribution is 6.30. The van der Waals surface area contributed by atoms with Crippen molar-refractivity contribution in [2.45, 2.75) is 32.4 Å². The smallest absolute Gasteiger partial charge is 0.321 e. The number of hydrogen-bond donors (Lipinski definition) is 3. The molecule has 0 aliphatic carbocycles. The standard InChI is InChI=1S/C17H20ClN5O2/c1-11-9-20-23(10-12-4-2-5-13(18)8-12)15(11)22-17(25)21-14-6-3-7-19-16(14)24/h2,4-5,8-9,14H,3,6-7,10H2,1H3,(H,19,24)(H2,21,22,25)/t14-/m1/s1. The molecule has 1 fully saturated rings. The van der Waals surface area contributed by atoms with Gasteiger partial charge >= 0.3 is 6.03 Å². The Morgan fingerprint density at radius 1 is 1.48 bits per heavy atom. The van der Waals surface area contributed by atoms with Crippen LogP contribution in [0, 0.1) is 6.92 Å². The first-order valence-corrected chi connectivity index (χ1v) is 8.53. The summed E-state index contributed by atoms with van der Waals surface area (Å²) in [4.78, 5) is 24.0. The summed E-state index contributed by atoms with van der Waals surface area (Å²) in [5, 5.41) is 13.2. The van der Waals surface area contributed by atoms with Gasteiger partial charge in [0.15, 0.2) is 0 Å². The van der Waals surface area contributed by atoms with Gasteiger partial charge in [-0.1, -0.05) is 23.7 Å². The zero-order valence-electron chi connectivity index (χ0n) is 13.9. The molecule has 3 amide bonds. The molecule has 0 bridgehead atoms. The van der Waals surface area contributed by atoms with Crippen LogP contribution in [0.4, 0.5) is 10.6 Å². The fourth-order valence-electron chi connectivity index (χ4n) is 2.78. The maximum absolute atomic E-state index is 12.3. The number of nitrogens with one attached hydrogen (secondary N) is 3. The molecular weight excluding hydrogens is 342 g/mol. The van der Waals surface area contributed by atoms with Crippen molar-refractivity contribution in [3.05, 3.63) is 46.6 Å². The van der Waals surface area contributed by atoms with Gasteiger partial charge in [0.1, 0.15) is 11.9 Å². The van der Waals surface area contributed by atoms with E-state index in [0.717, 1.165) is 17.5 Å². The second kappa shape index (κ2) is 7.57. The van der Waals surface area contributed by atoms with Gasteiger partial charge in [-0.05, 0) is 37.5 Å². The van der Waals surface area contributed by atoms with Crippen LogP contribution < -0.4 is 16.0 Å². The number of carbonyl (C=O) groups is 2. The van der Waals surface area contributed by atoms with Gasteiger partial charge in [0.25, 0.3) is 0 Å². The van der Waals surface area contributed by atoms with Gasteiger partial charge < -0.3 is 10.6 Å². The summed E-state index contributed by atoms with van der Waals surface area (Å²) in [6, 6.07) is 6.56. The maximum Gasteiger partial charge on any atom is 0.321 e. The molecule has 132 valence electrons. The van der Waals surface area contributed by atoms with E-state index < -0.39 is 12.1 Å². The number of anilines is 1. The normalized spacial score (nSPS) is 17.0. The van der Waals surface area contributed by atoms with Crippen LogP contribution in [0.15, 0.2) is 30.5 Å². The lowest BCUT2D eigenvalue weighted by molar-refractivity contribution is -0.124.